The van der Waals surface area contributed by atoms with Crippen LogP contribution in [0.1, 0.15) is 27.0 Å². The van der Waals surface area contributed by atoms with Gasteiger partial charge in [0.2, 0.25) is 0 Å². The van der Waals surface area contributed by atoms with Crippen LogP contribution in [0.15, 0.2) is 12.7 Å². The molecule has 0 aromatic carbocycles. The Bertz CT molecular complexity index is 842. The Morgan fingerprint density at radius 3 is 2.75 bits per heavy atom. The van der Waals surface area contributed by atoms with Gasteiger partial charge in [0.15, 0.2) is 23.5 Å². The lowest BCUT2D eigenvalue weighted by Gasteiger charge is -2.28. The fourth-order valence-electron chi connectivity index (χ4n) is 4.07. The van der Waals surface area contributed by atoms with Crippen molar-refractivity contribution in [2.75, 3.05) is 32.4 Å². The highest BCUT2D eigenvalue weighted by Crippen LogP contribution is 2.44. The fourth-order valence-corrected chi connectivity index (χ4v) is 4.07. The van der Waals surface area contributed by atoms with Crippen molar-refractivity contribution in [2.45, 2.75) is 51.1 Å². The minimum Gasteiger partial charge on any atom is -0.382 e. The Hall–Kier alpha value is -1.85. The maximum absolute atomic E-state index is 6.40. The molecule has 4 rings (SSSR count). The van der Waals surface area contributed by atoms with Gasteiger partial charge in [0.05, 0.1) is 6.33 Å². The van der Waals surface area contributed by atoms with E-state index in [1.807, 2.05) is 18.4 Å². The van der Waals surface area contributed by atoms with Crippen molar-refractivity contribution in [1.29, 1.82) is 0 Å². The standard InChI is InChI=1S/C18H29N7O3/c1-10(5-19)6-24(4)7-11-13-14(28-18(2,3)27-13)17(26-11)25-9-23-12-15(20)21-8-22-16(12)25/h8-11,13-14,17H,5-7,19H2,1-4H3,(H2,20,21,22)/t10?,11-,13-,14-,17-/m1/s1. The van der Waals surface area contributed by atoms with E-state index in [2.05, 4.69) is 33.8 Å². The Morgan fingerprint density at radius 2 is 2.00 bits per heavy atom. The Labute approximate surface area is 164 Å². The predicted molar refractivity (Wildman–Crippen MR) is 103 cm³/mol. The molecular weight excluding hydrogens is 362 g/mol. The fraction of sp³-hybridized carbons (Fsp3) is 0.722. The average molecular weight is 391 g/mol. The molecule has 10 nitrogen and oxygen atoms in total. The van der Waals surface area contributed by atoms with Gasteiger partial charge in [-0.15, -0.1) is 0 Å². The number of hydrogen-bond donors (Lipinski definition) is 2. The number of imidazole rings is 1. The second-order valence-corrected chi connectivity index (χ2v) is 8.27. The second kappa shape index (κ2) is 7.20. The van der Waals surface area contributed by atoms with E-state index >= 15 is 0 Å². The van der Waals surface area contributed by atoms with E-state index < -0.39 is 12.0 Å². The van der Waals surface area contributed by atoms with Crippen molar-refractivity contribution in [2.24, 2.45) is 11.7 Å². The van der Waals surface area contributed by atoms with Crippen LogP contribution in [0.3, 0.4) is 0 Å². The summed E-state index contributed by atoms with van der Waals surface area (Å²) in [7, 11) is 2.07. The molecule has 4 N–H and O–H groups in total. The van der Waals surface area contributed by atoms with Crippen LogP contribution in [0.2, 0.25) is 0 Å². The number of rotatable bonds is 6. The minimum absolute atomic E-state index is 0.150. The highest BCUT2D eigenvalue weighted by molar-refractivity contribution is 5.81. The van der Waals surface area contributed by atoms with E-state index in [0.717, 1.165) is 6.54 Å². The van der Waals surface area contributed by atoms with Gasteiger partial charge in [0, 0.05) is 13.1 Å². The zero-order valence-electron chi connectivity index (χ0n) is 16.8. The van der Waals surface area contributed by atoms with Crippen LogP contribution in [0.25, 0.3) is 11.2 Å². The van der Waals surface area contributed by atoms with Crippen molar-refractivity contribution >= 4 is 17.0 Å². The summed E-state index contributed by atoms with van der Waals surface area (Å²) in [4.78, 5) is 14.9. The summed E-state index contributed by atoms with van der Waals surface area (Å²) in [5.41, 5.74) is 12.9. The highest BCUT2D eigenvalue weighted by atomic mass is 16.8. The number of nitrogen functional groups attached to an aromatic ring is 1. The van der Waals surface area contributed by atoms with Gasteiger partial charge in [-0.2, -0.15) is 0 Å². The third-order valence-electron chi connectivity index (χ3n) is 5.30. The number of aromatic nitrogens is 4. The minimum atomic E-state index is -0.677. The molecule has 1 unspecified atom stereocenters. The van der Waals surface area contributed by atoms with E-state index in [-0.39, 0.29) is 18.3 Å². The normalized spacial score (nSPS) is 30.2. The van der Waals surface area contributed by atoms with Gasteiger partial charge in [-0.1, -0.05) is 6.92 Å². The molecule has 2 aliphatic heterocycles. The third-order valence-corrected chi connectivity index (χ3v) is 5.30. The van der Waals surface area contributed by atoms with Crippen molar-refractivity contribution < 1.29 is 14.2 Å². The summed E-state index contributed by atoms with van der Waals surface area (Å²) < 4.78 is 20.6. The molecule has 0 spiro atoms. The number of anilines is 1. The maximum atomic E-state index is 6.40. The summed E-state index contributed by atoms with van der Waals surface area (Å²) in [6.07, 6.45) is 2.09. The molecule has 5 atom stereocenters. The molecule has 2 aliphatic rings. The molecule has 0 saturated carbocycles. The number of nitrogens with two attached hydrogens (primary N) is 2. The zero-order valence-corrected chi connectivity index (χ0v) is 16.8. The molecular formula is C18H29N7O3. The Kier molecular flexibility index (Phi) is 5.00. The van der Waals surface area contributed by atoms with Gasteiger partial charge in [0.1, 0.15) is 30.2 Å². The molecule has 154 valence electrons. The van der Waals surface area contributed by atoms with Crippen molar-refractivity contribution in [3.05, 3.63) is 12.7 Å². The summed E-state index contributed by atoms with van der Waals surface area (Å²) in [5, 5.41) is 0. The van der Waals surface area contributed by atoms with E-state index in [0.29, 0.717) is 36.0 Å². The maximum Gasteiger partial charge on any atom is 0.167 e. The monoisotopic (exact) mass is 391 g/mol. The van der Waals surface area contributed by atoms with E-state index in [1.54, 1.807) is 6.33 Å². The molecule has 2 saturated heterocycles. The highest BCUT2D eigenvalue weighted by Gasteiger charge is 2.56. The SMILES string of the molecule is CC(CN)CN(C)C[C@H]1O[C@@H](n2cnc3c(N)ncnc32)[C@@H]2OC(C)(C)O[C@@H]21. The molecule has 0 bridgehead atoms. The van der Waals surface area contributed by atoms with Crippen LogP contribution < -0.4 is 11.5 Å². The number of nitrogens with zero attached hydrogens (tertiary/aromatic N) is 5. The molecule has 10 heteroatoms. The van der Waals surface area contributed by atoms with Gasteiger partial charge in [-0.05, 0) is 33.4 Å². The topological polar surface area (TPSA) is 127 Å². The van der Waals surface area contributed by atoms with Gasteiger partial charge in [0.25, 0.3) is 0 Å². The lowest BCUT2D eigenvalue weighted by atomic mass is 10.1. The van der Waals surface area contributed by atoms with Gasteiger partial charge < -0.3 is 30.6 Å². The lowest BCUT2D eigenvalue weighted by molar-refractivity contribution is -0.197. The summed E-state index contributed by atoms with van der Waals surface area (Å²) in [5.74, 6) is 0.0741. The van der Waals surface area contributed by atoms with Gasteiger partial charge in [-0.25, -0.2) is 15.0 Å². The van der Waals surface area contributed by atoms with E-state index in [9.17, 15) is 0 Å². The molecule has 0 aliphatic carbocycles. The van der Waals surface area contributed by atoms with Gasteiger partial charge in [-0.3, -0.25) is 4.57 Å². The number of hydrogen-bond acceptors (Lipinski definition) is 9. The number of fused-ring (bicyclic) bond motifs is 2. The quantitative estimate of drug-likeness (QED) is 0.717. The molecule has 2 aromatic rings. The predicted octanol–water partition coefficient (Wildman–Crippen LogP) is 0.353. The van der Waals surface area contributed by atoms with Crippen LogP contribution in [0, 0.1) is 5.92 Å². The first-order valence-electron chi connectivity index (χ1n) is 9.62. The second-order valence-electron chi connectivity index (χ2n) is 8.27. The van der Waals surface area contributed by atoms with Crippen LogP contribution in [0.4, 0.5) is 5.82 Å². The summed E-state index contributed by atoms with van der Waals surface area (Å²) >= 11 is 0. The first-order chi connectivity index (χ1) is 13.3. The first kappa shape index (κ1) is 19.5. The molecule has 4 heterocycles. The van der Waals surface area contributed by atoms with Crippen LogP contribution in [-0.4, -0.2) is 75.2 Å². The van der Waals surface area contributed by atoms with Crippen LogP contribution >= 0.6 is 0 Å². The van der Waals surface area contributed by atoms with Crippen molar-refractivity contribution in [3.8, 4) is 0 Å². The smallest absolute Gasteiger partial charge is 0.167 e. The Balaban J connectivity index is 1.60. The number of ether oxygens (including phenoxy) is 3. The van der Waals surface area contributed by atoms with E-state index in [4.69, 9.17) is 25.7 Å². The van der Waals surface area contributed by atoms with Crippen LogP contribution in [0.5, 0.6) is 0 Å². The molecule has 2 fully saturated rings. The lowest BCUT2D eigenvalue weighted by Crippen LogP contribution is -2.40. The van der Waals surface area contributed by atoms with Crippen LogP contribution in [-0.2, 0) is 14.2 Å². The molecule has 28 heavy (non-hydrogen) atoms. The Morgan fingerprint density at radius 1 is 1.25 bits per heavy atom. The molecule has 2 aromatic heterocycles. The largest absolute Gasteiger partial charge is 0.382 e. The molecule has 0 radical (unpaired) electrons. The van der Waals surface area contributed by atoms with Crippen molar-refractivity contribution in [1.82, 2.24) is 24.4 Å². The van der Waals surface area contributed by atoms with Gasteiger partial charge >= 0.3 is 0 Å². The zero-order chi connectivity index (χ0) is 20.1. The van der Waals surface area contributed by atoms with E-state index in [1.165, 1.54) is 6.33 Å². The summed E-state index contributed by atoms with van der Waals surface area (Å²) in [6.45, 7) is 8.24. The first-order valence-corrected chi connectivity index (χ1v) is 9.62. The van der Waals surface area contributed by atoms with Crippen molar-refractivity contribution in [3.63, 3.8) is 0 Å². The average Bonchev–Trinajstić information content (AvgIpc) is 3.27. The number of likely N-dealkylation sites (N-methyl/N-ethyl adjacent to an activating group) is 1. The molecule has 0 amide bonds. The summed E-state index contributed by atoms with van der Waals surface area (Å²) in [6, 6.07) is 0. The third kappa shape index (κ3) is 3.46.